The summed E-state index contributed by atoms with van der Waals surface area (Å²) in [6, 6.07) is 0. The van der Waals surface area contributed by atoms with E-state index in [2.05, 4.69) is 5.32 Å². The van der Waals surface area contributed by atoms with Gasteiger partial charge in [0.05, 0.1) is 11.5 Å². The molecule has 0 aromatic carbocycles. The third-order valence-electron chi connectivity index (χ3n) is 1.16. The van der Waals surface area contributed by atoms with E-state index in [1.165, 1.54) is 20.8 Å². The lowest BCUT2D eigenvalue weighted by Gasteiger charge is -1.93. The molecule has 0 heterocycles. The SMILES string of the molecule is C.C.CC.CC(=O)CSC(C)=O.CNC(=O)CSC(C)=O. The summed E-state index contributed by atoms with van der Waals surface area (Å²) in [6.45, 7) is 8.36. The molecule has 0 atom stereocenters. The van der Waals surface area contributed by atoms with E-state index in [0.717, 1.165) is 23.5 Å². The van der Waals surface area contributed by atoms with E-state index in [9.17, 15) is 19.2 Å². The van der Waals surface area contributed by atoms with Crippen molar-refractivity contribution in [3.05, 3.63) is 0 Å². The Morgan fingerprint density at radius 3 is 1.33 bits per heavy atom. The second-order valence-corrected chi connectivity index (χ2v) is 5.24. The third-order valence-corrected chi connectivity index (χ3v) is 2.93. The normalized spacial score (nSPS) is 7.33. The number of rotatable bonds is 4. The first-order valence-corrected chi connectivity index (χ1v) is 7.73. The molecule has 0 unspecified atom stereocenters. The first-order chi connectivity index (χ1) is 8.79. The van der Waals surface area contributed by atoms with Crippen molar-refractivity contribution in [1.82, 2.24) is 5.32 Å². The number of nitrogens with one attached hydrogen (secondary N) is 1. The van der Waals surface area contributed by atoms with E-state index in [1.807, 2.05) is 13.8 Å². The van der Waals surface area contributed by atoms with Gasteiger partial charge in [0, 0.05) is 20.9 Å². The Hall–Kier alpha value is -0.820. The van der Waals surface area contributed by atoms with Gasteiger partial charge in [0.1, 0.15) is 5.78 Å². The number of hydrogen-bond donors (Lipinski definition) is 1. The lowest BCUT2D eigenvalue weighted by Crippen LogP contribution is -2.20. The van der Waals surface area contributed by atoms with Crippen LogP contribution in [0.5, 0.6) is 0 Å². The highest BCUT2D eigenvalue weighted by molar-refractivity contribution is 8.14. The van der Waals surface area contributed by atoms with E-state index >= 15 is 0 Å². The number of thioether (sulfide) groups is 2. The predicted octanol–water partition coefficient (Wildman–Crippen LogP) is 3.17. The van der Waals surface area contributed by atoms with Crippen LogP contribution in [-0.4, -0.2) is 40.5 Å². The third kappa shape index (κ3) is 45.3. The topological polar surface area (TPSA) is 80.3 Å². The molecule has 0 radical (unpaired) electrons. The van der Waals surface area contributed by atoms with Gasteiger partial charge in [-0.25, -0.2) is 0 Å². The number of hydrogen-bond acceptors (Lipinski definition) is 6. The van der Waals surface area contributed by atoms with Crippen LogP contribution in [0.1, 0.15) is 49.5 Å². The summed E-state index contributed by atoms with van der Waals surface area (Å²) in [7, 11) is 1.54. The van der Waals surface area contributed by atoms with E-state index < -0.39 is 0 Å². The molecule has 0 aliphatic rings. The minimum absolute atomic E-state index is 0. The highest BCUT2D eigenvalue weighted by Crippen LogP contribution is 1.99. The molecular formula is C14H31NO4S2. The molecule has 0 fully saturated rings. The van der Waals surface area contributed by atoms with Gasteiger partial charge in [0.25, 0.3) is 0 Å². The summed E-state index contributed by atoms with van der Waals surface area (Å²) >= 11 is 2.06. The molecule has 128 valence electrons. The lowest BCUT2D eigenvalue weighted by molar-refractivity contribution is -0.118. The molecule has 21 heavy (non-hydrogen) atoms. The van der Waals surface area contributed by atoms with Crippen LogP contribution in [0.15, 0.2) is 0 Å². The smallest absolute Gasteiger partial charge is 0.230 e. The second kappa shape index (κ2) is 24.2. The Balaban J connectivity index is -0.0000000671. The molecule has 0 saturated carbocycles. The zero-order valence-corrected chi connectivity index (χ0v) is 14.0. The molecule has 0 bridgehead atoms. The summed E-state index contributed by atoms with van der Waals surface area (Å²) in [5.41, 5.74) is 0. The van der Waals surface area contributed by atoms with Crippen LogP contribution in [0.4, 0.5) is 0 Å². The maximum atomic E-state index is 10.4. The Kier molecular flexibility index (Phi) is 37.1. The summed E-state index contributed by atoms with van der Waals surface area (Å²) in [6.07, 6.45) is 0. The monoisotopic (exact) mass is 341 g/mol. The maximum Gasteiger partial charge on any atom is 0.230 e. The van der Waals surface area contributed by atoms with Gasteiger partial charge in [-0.2, -0.15) is 0 Å². The Bertz CT molecular complexity index is 281. The molecule has 0 spiro atoms. The van der Waals surface area contributed by atoms with Gasteiger partial charge in [-0.05, 0) is 6.92 Å². The van der Waals surface area contributed by atoms with Crippen molar-refractivity contribution in [3.63, 3.8) is 0 Å². The first kappa shape index (κ1) is 32.2. The summed E-state index contributed by atoms with van der Waals surface area (Å²) in [4.78, 5) is 41.0. The van der Waals surface area contributed by atoms with Crippen LogP contribution in [0, 0.1) is 0 Å². The highest BCUT2D eigenvalue weighted by Gasteiger charge is 1.99. The Morgan fingerprint density at radius 1 is 0.810 bits per heavy atom. The highest BCUT2D eigenvalue weighted by atomic mass is 32.2. The zero-order chi connectivity index (χ0) is 15.8. The molecule has 0 aliphatic carbocycles. The Labute approximate surface area is 138 Å². The fourth-order valence-corrected chi connectivity index (χ4v) is 1.33. The maximum absolute atomic E-state index is 10.4. The largest absolute Gasteiger partial charge is 0.358 e. The van der Waals surface area contributed by atoms with Gasteiger partial charge >= 0.3 is 0 Å². The minimum atomic E-state index is -0.116. The fraction of sp³-hybridized carbons (Fsp3) is 0.714. The van der Waals surface area contributed by atoms with Crippen LogP contribution in [0.2, 0.25) is 0 Å². The quantitative estimate of drug-likeness (QED) is 0.846. The van der Waals surface area contributed by atoms with Crippen molar-refractivity contribution in [2.75, 3.05) is 18.6 Å². The first-order valence-electron chi connectivity index (χ1n) is 5.76. The van der Waals surface area contributed by atoms with Gasteiger partial charge in [-0.3, -0.25) is 19.2 Å². The minimum Gasteiger partial charge on any atom is -0.358 e. The van der Waals surface area contributed by atoms with E-state index in [-0.39, 0.29) is 42.5 Å². The number of ketones is 1. The van der Waals surface area contributed by atoms with Gasteiger partial charge in [0.15, 0.2) is 10.2 Å². The summed E-state index contributed by atoms with van der Waals surface area (Å²) < 4.78 is 0. The molecule has 5 nitrogen and oxygen atoms in total. The lowest BCUT2D eigenvalue weighted by atomic mass is 10.5. The zero-order valence-electron chi connectivity index (χ0n) is 12.4. The molecule has 7 heteroatoms. The van der Waals surface area contributed by atoms with Crippen molar-refractivity contribution in [3.8, 4) is 0 Å². The van der Waals surface area contributed by atoms with Gasteiger partial charge in [-0.15, -0.1) is 0 Å². The van der Waals surface area contributed by atoms with Crippen LogP contribution in [0.25, 0.3) is 0 Å². The molecule has 1 N–H and O–H groups in total. The van der Waals surface area contributed by atoms with Crippen molar-refractivity contribution in [2.45, 2.75) is 49.5 Å². The number of carbonyl (C=O) groups excluding carboxylic acids is 4. The molecule has 0 aromatic rings. The van der Waals surface area contributed by atoms with Crippen molar-refractivity contribution in [1.29, 1.82) is 0 Å². The molecule has 0 aliphatic heterocycles. The van der Waals surface area contributed by atoms with Gasteiger partial charge in [-0.1, -0.05) is 52.2 Å². The van der Waals surface area contributed by atoms with Crippen molar-refractivity contribution in [2.24, 2.45) is 0 Å². The fourth-order valence-electron chi connectivity index (χ4n) is 0.443. The van der Waals surface area contributed by atoms with Gasteiger partial charge < -0.3 is 5.32 Å². The average molecular weight is 342 g/mol. The average Bonchev–Trinajstić information content (AvgIpc) is 2.36. The van der Waals surface area contributed by atoms with E-state index in [0.29, 0.717) is 5.75 Å². The van der Waals surface area contributed by atoms with Crippen molar-refractivity contribution < 1.29 is 19.2 Å². The summed E-state index contributed by atoms with van der Waals surface area (Å²) in [5, 5.41) is 2.38. The van der Waals surface area contributed by atoms with Crippen molar-refractivity contribution >= 4 is 45.4 Å². The Morgan fingerprint density at radius 2 is 1.14 bits per heavy atom. The summed E-state index contributed by atoms with van der Waals surface area (Å²) in [5.74, 6) is 0.474. The molecule has 0 saturated heterocycles. The van der Waals surface area contributed by atoms with Crippen LogP contribution in [-0.2, 0) is 19.2 Å². The molecule has 1 amide bonds. The molecule has 0 aromatic heterocycles. The number of Topliss-reactive ketones (excluding diaryl/α,β-unsaturated/α-hetero) is 1. The van der Waals surface area contributed by atoms with E-state index in [4.69, 9.17) is 0 Å². The predicted molar refractivity (Wildman–Crippen MR) is 95.8 cm³/mol. The number of amides is 1. The van der Waals surface area contributed by atoms with Crippen LogP contribution >= 0.6 is 23.5 Å². The van der Waals surface area contributed by atoms with Gasteiger partial charge in [0.2, 0.25) is 5.91 Å². The standard InChI is InChI=1S/C5H9NO2S.C5H8O2S.C2H6.2CH4/c1-4(7)9-3-5(8)6-2;1-4(6)3-8-5(2)7;1-2;;/h3H2,1-2H3,(H,6,8);3H2,1-2H3;1-2H3;2*1H4. The van der Waals surface area contributed by atoms with E-state index in [1.54, 1.807) is 7.05 Å². The van der Waals surface area contributed by atoms with Crippen LogP contribution < -0.4 is 5.32 Å². The molecular weight excluding hydrogens is 310 g/mol. The van der Waals surface area contributed by atoms with Crippen LogP contribution in [0.3, 0.4) is 0 Å². The number of carbonyl (C=O) groups is 4. The molecule has 0 rings (SSSR count). The second-order valence-electron chi connectivity index (χ2n) is 2.94.